The van der Waals surface area contributed by atoms with Gasteiger partial charge in [-0.1, -0.05) is 11.8 Å². The lowest BCUT2D eigenvalue weighted by Gasteiger charge is -2.35. The van der Waals surface area contributed by atoms with Crippen LogP contribution >= 0.6 is 23.1 Å². The number of hydrogen-bond donors (Lipinski definition) is 0. The summed E-state index contributed by atoms with van der Waals surface area (Å²) in [6.07, 6.45) is 4.18. The van der Waals surface area contributed by atoms with Gasteiger partial charge in [0, 0.05) is 63.3 Å². The van der Waals surface area contributed by atoms with E-state index in [1.54, 1.807) is 23.1 Å². The Bertz CT molecular complexity index is 754. The average molecular weight is 406 g/mol. The minimum Gasteiger partial charge on any atom is -0.381 e. The topological polar surface area (TPSA) is 54.4 Å². The van der Waals surface area contributed by atoms with Gasteiger partial charge in [-0.05, 0) is 26.0 Å². The molecule has 146 valence electrons. The van der Waals surface area contributed by atoms with E-state index in [1.165, 1.54) is 11.4 Å². The SMILES string of the molecule is CSc1nc(C2CCOCC2)cc(N2CCN(Cc3csc(C)n3)CC2)n1. The van der Waals surface area contributed by atoms with E-state index in [4.69, 9.17) is 14.7 Å². The molecule has 8 heteroatoms. The minimum absolute atomic E-state index is 0.501. The molecular weight excluding hydrogens is 378 g/mol. The summed E-state index contributed by atoms with van der Waals surface area (Å²) >= 11 is 3.37. The molecule has 2 aliphatic heterocycles. The van der Waals surface area contributed by atoms with E-state index in [-0.39, 0.29) is 0 Å². The maximum atomic E-state index is 5.52. The Kier molecular flexibility index (Phi) is 6.27. The molecule has 2 aromatic heterocycles. The molecule has 0 saturated carbocycles. The van der Waals surface area contributed by atoms with Gasteiger partial charge in [-0.3, -0.25) is 4.90 Å². The lowest BCUT2D eigenvalue weighted by atomic mass is 9.96. The number of nitrogens with zero attached hydrogens (tertiary/aromatic N) is 5. The Morgan fingerprint density at radius 1 is 1.15 bits per heavy atom. The molecule has 0 N–H and O–H groups in total. The summed E-state index contributed by atoms with van der Waals surface area (Å²) in [5.41, 5.74) is 2.38. The average Bonchev–Trinajstić information content (AvgIpc) is 3.13. The molecule has 0 radical (unpaired) electrons. The second-order valence-electron chi connectivity index (χ2n) is 7.15. The molecule has 0 spiro atoms. The number of piperazine rings is 1. The molecule has 4 rings (SSSR count). The summed E-state index contributed by atoms with van der Waals surface area (Å²) in [7, 11) is 0. The van der Waals surface area contributed by atoms with Gasteiger partial charge in [0.1, 0.15) is 5.82 Å². The van der Waals surface area contributed by atoms with Crippen molar-refractivity contribution in [3.63, 3.8) is 0 Å². The normalized spacial score (nSPS) is 19.6. The maximum absolute atomic E-state index is 5.52. The Labute approximate surface area is 169 Å². The molecule has 2 aliphatic rings. The van der Waals surface area contributed by atoms with E-state index >= 15 is 0 Å². The molecule has 0 aliphatic carbocycles. The molecule has 0 unspecified atom stereocenters. The van der Waals surface area contributed by atoms with Crippen LogP contribution in [0.3, 0.4) is 0 Å². The lowest BCUT2D eigenvalue weighted by molar-refractivity contribution is 0.0843. The third-order valence-electron chi connectivity index (χ3n) is 5.28. The van der Waals surface area contributed by atoms with Gasteiger partial charge in [-0.25, -0.2) is 15.0 Å². The summed E-state index contributed by atoms with van der Waals surface area (Å²) in [4.78, 5) is 19.1. The number of rotatable bonds is 5. The van der Waals surface area contributed by atoms with Crippen LogP contribution in [-0.4, -0.2) is 65.5 Å². The van der Waals surface area contributed by atoms with Gasteiger partial charge in [0.25, 0.3) is 0 Å². The summed E-state index contributed by atoms with van der Waals surface area (Å²) in [6, 6.07) is 2.22. The van der Waals surface area contributed by atoms with Gasteiger partial charge >= 0.3 is 0 Å². The smallest absolute Gasteiger partial charge is 0.189 e. The van der Waals surface area contributed by atoms with Gasteiger partial charge in [0.15, 0.2) is 5.16 Å². The van der Waals surface area contributed by atoms with Crippen LogP contribution < -0.4 is 4.90 Å². The van der Waals surface area contributed by atoms with E-state index in [0.717, 1.165) is 74.8 Å². The zero-order chi connectivity index (χ0) is 18.6. The van der Waals surface area contributed by atoms with Crippen LogP contribution in [0.25, 0.3) is 0 Å². The van der Waals surface area contributed by atoms with Crippen LogP contribution in [0, 0.1) is 6.92 Å². The van der Waals surface area contributed by atoms with Crippen LogP contribution in [0.5, 0.6) is 0 Å². The van der Waals surface area contributed by atoms with Gasteiger partial charge in [-0.2, -0.15) is 0 Å². The van der Waals surface area contributed by atoms with E-state index in [1.807, 2.05) is 0 Å². The first-order valence-corrected chi connectivity index (χ1v) is 11.7. The first-order valence-electron chi connectivity index (χ1n) is 9.60. The van der Waals surface area contributed by atoms with Crippen LogP contribution in [0.4, 0.5) is 5.82 Å². The zero-order valence-corrected chi connectivity index (χ0v) is 17.7. The van der Waals surface area contributed by atoms with E-state index < -0.39 is 0 Å². The third-order valence-corrected chi connectivity index (χ3v) is 6.65. The summed E-state index contributed by atoms with van der Waals surface area (Å²) in [5, 5.41) is 4.21. The lowest BCUT2D eigenvalue weighted by Crippen LogP contribution is -2.46. The minimum atomic E-state index is 0.501. The fourth-order valence-electron chi connectivity index (χ4n) is 3.73. The number of aromatic nitrogens is 3. The largest absolute Gasteiger partial charge is 0.381 e. The van der Waals surface area contributed by atoms with Gasteiger partial charge in [0.05, 0.1) is 16.4 Å². The third kappa shape index (κ3) is 4.80. The van der Waals surface area contributed by atoms with Crippen molar-refractivity contribution in [2.75, 3.05) is 50.5 Å². The molecule has 4 heterocycles. The molecule has 2 fully saturated rings. The molecule has 2 aromatic rings. The maximum Gasteiger partial charge on any atom is 0.189 e. The summed E-state index contributed by atoms with van der Waals surface area (Å²) < 4.78 is 5.52. The fraction of sp³-hybridized carbons (Fsp3) is 0.632. The second-order valence-corrected chi connectivity index (χ2v) is 8.98. The summed E-state index contributed by atoms with van der Waals surface area (Å²) in [6.45, 7) is 8.79. The highest BCUT2D eigenvalue weighted by Crippen LogP contribution is 2.29. The van der Waals surface area contributed by atoms with Crippen LogP contribution in [0.15, 0.2) is 16.6 Å². The highest BCUT2D eigenvalue weighted by atomic mass is 32.2. The number of hydrogen-bond acceptors (Lipinski definition) is 8. The molecule has 0 aromatic carbocycles. The fourth-order valence-corrected chi connectivity index (χ4v) is 4.72. The van der Waals surface area contributed by atoms with Crippen molar-refractivity contribution in [2.24, 2.45) is 0 Å². The monoisotopic (exact) mass is 405 g/mol. The van der Waals surface area contributed by atoms with Crippen LogP contribution in [-0.2, 0) is 11.3 Å². The quantitative estimate of drug-likeness (QED) is 0.559. The highest BCUT2D eigenvalue weighted by Gasteiger charge is 2.23. The van der Waals surface area contributed by atoms with Gasteiger partial charge in [-0.15, -0.1) is 11.3 Å². The number of aryl methyl sites for hydroxylation is 1. The summed E-state index contributed by atoms with van der Waals surface area (Å²) in [5.74, 6) is 1.58. The Morgan fingerprint density at radius 2 is 1.93 bits per heavy atom. The van der Waals surface area contributed by atoms with Crippen LogP contribution in [0.1, 0.15) is 35.2 Å². The predicted octanol–water partition coefficient (Wildman–Crippen LogP) is 3.18. The molecule has 0 bridgehead atoms. The number of thioether (sulfide) groups is 1. The Balaban J connectivity index is 1.42. The van der Waals surface area contributed by atoms with E-state index in [2.05, 4.69) is 39.4 Å². The molecule has 27 heavy (non-hydrogen) atoms. The molecule has 6 nitrogen and oxygen atoms in total. The molecule has 0 amide bonds. The van der Waals surface area contributed by atoms with Gasteiger partial charge in [0.2, 0.25) is 0 Å². The van der Waals surface area contributed by atoms with E-state index in [0.29, 0.717) is 5.92 Å². The first kappa shape index (κ1) is 19.1. The van der Waals surface area contributed by atoms with Crippen molar-refractivity contribution in [3.05, 3.63) is 27.8 Å². The first-order chi connectivity index (χ1) is 13.2. The van der Waals surface area contributed by atoms with Gasteiger partial charge < -0.3 is 9.64 Å². The van der Waals surface area contributed by atoms with Crippen molar-refractivity contribution in [3.8, 4) is 0 Å². The second kappa shape index (κ2) is 8.86. The molecular formula is C19H27N5OS2. The van der Waals surface area contributed by atoms with Crippen molar-refractivity contribution >= 4 is 28.9 Å². The standard InChI is InChI=1S/C19H27N5OS2/c1-14-20-16(13-27-14)12-23-5-7-24(8-6-23)18-11-17(21-19(22-18)26-2)15-3-9-25-10-4-15/h11,13,15H,3-10,12H2,1-2H3. The number of anilines is 1. The molecule has 2 saturated heterocycles. The van der Waals surface area contributed by atoms with Crippen molar-refractivity contribution in [1.82, 2.24) is 19.9 Å². The predicted molar refractivity (Wildman–Crippen MR) is 111 cm³/mol. The highest BCUT2D eigenvalue weighted by molar-refractivity contribution is 7.98. The molecule has 0 atom stereocenters. The van der Waals surface area contributed by atoms with Crippen LogP contribution in [0.2, 0.25) is 0 Å². The zero-order valence-electron chi connectivity index (χ0n) is 16.1. The van der Waals surface area contributed by atoms with Crippen molar-refractivity contribution < 1.29 is 4.74 Å². The van der Waals surface area contributed by atoms with E-state index in [9.17, 15) is 0 Å². The Hall–Kier alpha value is -1.22. The number of thiazole rings is 1. The number of ether oxygens (including phenoxy) is 1. The van der Waals surface area contributed by atoms with Crippen molar-refractivity contribution in [2.45, 2.75) is 37.4 Å². The van der Waals surface area contributed by atoms with Crippen molar-refractivity contribution in [1.29, 1.82) is 0 Å². The Morgan fingerprint density at radius 3 is 2.59 bits per heavy atom.